The minimum Gasteiger partial charge on any atom is -0.327 e. The summed E-state index contributed by atoms with van der Waals surface area (Å²) in [7, 11) is 0. The van der Waals surface area contributed by atoms with Gasteiger partial charge in [0, 0.05) is 6.04 Å². The number of hydrogen-bond donors (Lipinski definition) is 1. The topological polar surface area (TPSA) is 26.0 Å². The molecule has 1 nitrogen and oxygen atoms in total. The largest absolute Gasteiger partial charge is 0.327 e. The third kappa shape index (κ3) is 1.82. The molecular formula is C13H24ClN. The van der Waals surface area contributed by atoms with E-state index in [0.29, 0.717) is 6.04 Å². The van der Waals surface area contributed by atoms with Crippen molar-refractivity contribution in [3.8, 4) is 0 Å². The van der Waals surface area contributed by atoms with E-state index < -0.39 is 0 Å². The lowest BCUT2D eigenvalue weighted by atomic mass is 9.73. The van der Waals surface area contributed by atoms with Crippen LogP contribution in [-0.2, 0) is 0 Å². The molecule has 88 valence electrons. The van der Waals surface area contributed by atoms with Crippen LogP contribution in [0.5, 0.6) is 0 Å². The third-order valence-corrected chi connectivity index (χ3v) is 5.29. The summed E-state index contributed by atoms with van der Waals surface area (Å²) in [6.07, 6.45) is 11.8. The fraction of sp³-hybridized carbons (Fsp3) is 1.00. The molecule has 4 unspecified atom stereocenters. The Bertz CT molecular complexity index is 197. The van der Waals surface area contributed by atoms with Gasteiger partial charge in [-0.15, -0.1) is 12.4 Å². The zero-order chi connectivity index (χ0) is 9.54. The molecule has 0 bridgehead atoms. The van der Waals surface area contributed by atoms with E-state index in [4.69, 9.17) is 5.73 Å². The summed E-state index contributed by atoms with van der Waals surface area (Å²) < 4.78 is 0. The maximum absolute atomic E-state index is 6.44. The number of nitrogens with two attached hydrogens (primary N) is 1. The molecule has 0 radical (unpaired) electrons. The first-order valence-corrected chi connectivity index (χ1v) is 6.63. The van der Waals surface area contributed by atoms with Gasteiger partial charge in [0.2, 0.25) is 0 Å². The van der Waals surface area contributed by atoms with Gasteiger partial charge in [-0.05, 0) is 49.4 Å². The highest BCUT2D eigenvalue weighted by atomic mass is 35.5. The molecule has 3 rings (SSSR count). The highest BCUT2D eigenvalue weighted by molar-refractivity contribution is 5.85. The van der Waals surface area contributed by atoms with E-state index in [9.17, 15) is 0 Å². The lowest BCUT2D eigenvalue weighted by molar-refractivity contribution is 0.184. The molecule has 0 amide bonds. The molecule has 3 aliphatic carbocycles. The standard InChI is InChI=1S/C13H23N.ClH/c14-13-11-7-3-1-5-9(11)10-6-2-4-8-12(10)13;/h9-13H,1-8,14H2;1H. The molecule has 3 fully saturated rings. The van der Waals surface area contributed by atoms with Crippen LogP contribution in [0.15, 0.2) is 0 Å². The second kappa shape index (κ2) is 4.63. The van der Waals surface area contributed by atoms with Crippen molar-refractivity contribution in [3.63, 3.8) is 0 Å². The summed E-state index contributed by atoms with van der Waals surface area (Å²) >= 11 is 0. The zero-order valence-electron chi connectivity index (χ0n) is 9.53. The number of hydrogen-bond acceptors (Lipinski definition) is 1. The van der Waals surface area contributed by atoms with Crippen LogP contribution >= 0.6 is 12.4 Å². The molecule has 15 heavy (non-hydrogen) atoms. The normalized spacial score (nSPS) is 49.0. The third-order valence-electron chi connectivity index (χ3n) is 5.29. The molecule has 0 spiro atoms. The quantitative estimate of drug-likeness (QED) is 0.677. The van der Waals surface area contributed by atoms with E-state index in [2.05, 4.69) is 0 Å². The van der Waals surface area contributed by atoms with Crippen LogP contribution in [0.1, 0.15) is 51.4 Å². The molecule has 0 heterocycles. The van der Waals surface area contributed by atoms with Crippen molar-refractivity contribution < 1.29 is 0 Å². The van der Waals surface area contributed by atoms with Crippen molar-refractivity contribution in [3.05, 3.63) is 0 Å². The summed E-state index contributed by atoms with van der Waals surface area (Å²) in [4.78, 5) is 0. The van der Waals surface area contributed by atoms with E-state index in [-0.39, 0.29) is 12.4 Å². The molecule has 3 saturated carbocycles. The van der Waals surface area contributed by atoms with Crippen LogP contribution in [0.2, 0.25) is 0 Å². The summed E-state index contributed by atoms with van der Waals surface area (Å²) in [5.74, 6) is 3.89. The van der Waals surface area contributed by atoms with Gasteiger partial charge in [-0.3, -0.25) is 0 Å². The maximum Gasteiger partial charge on any atom is 0.0101 e. The first kappa shape index (κ1) is 11.7. The summed E-state index contributed by atoms with van der Waals surface area (Å²) in [5, 5.41) is 0. The molecular weight excluding hydrogens is 206 g/mol. The van der Waals surface area contributed by atoms with Crippen molar-refractivity contribution in [1.82, 2.24) is 0 Å². The van der Waals surface area contributed by atoms with Gasteiger partial charge in [-0.25, -0.2) is 0 Å². The van der Waals surface area contributed by atoms with Gasteiger partial charge in [-0.1, -0.05) is 25.7 Å². The maximum atomic E-state index is 6.44. The average Bonchev–Trinajstić information content (AvgIpc) is 2.55. The van der Waals surface area contributed by atoms with Crippen molar-refractivity contribution >= 4 is 12.4 Å². The second-order valence-corrected chi connectivity index (χ2v) is 5.80. The van der Waals surface area contributed by atoms with E-state index in [1.807, 2.05) is 0 Å². The number of rotatable bonds is 0. The Hall–Kier alpha value is 0.250. The molecule has 0 aliphatic heterocycles. The zero-order valence-corrected chi connectivity index (χ0v) is 10.3. The van der Waals surface area contributed by atoms with E-state index in [1.54, 1.807) is 0 Å². The van der Waals surface area contributed by atoms with Gasteiger partial charge in [-0.2, -0.15) is 0 Å². The lowest BCUT2D eigenvalue weighted by Crippen LogP contribution is -2.34. The van der Waals surface area contributed by atoms with E-state index in [0.717, 1.165) is 23.7 Å². The Morgan fingerprint density at radius 3 is 1.33 bits per heavy atom. The van der Waals surface area contributed by atoms with Crippen LogP contribution in [0.4, 0.5) is 0 Å². The molecule has 0 saturated heterocycles. The van der Waals surface area contributed by atoms with Gasteiger partial charge in [0.1, 0.15) is 0 Å². The SMILES string of the molecule is Cl.NC1C2CCCCC2C2CCCCC12. The van der Waals surface area contributed by atoms with Gasteiger partial charge in [0.15, 0.2) is 0 Å². The molecule has 2 heteroatoms. The van der Waals surface area contributed by atoms with Gasteiger partial charge < -0.3 is 5.73 Å². The molecule has 0 aromatic heterocycles. The van der Waals surface area contributed by atoms with Crippen LogP contribution in [0.3, 0.4) is 0 Å². The summed E-state index contributed by atoms with van der Waals surface area (Å²) in [6.45, 7) is 0. The van der Waals surface area contributed by atoms with E-state index in [1.165, 1.54) is 51.4 Å². The Morgan fingerprint density at radius 2 is 0.933 bits per heavy atom. The second-order valence-electron chi connectivity index (χ2n) is 5.80. The van der Waals surface area contributed by atoms with Crippen LogP contribution in [-0.4, -0.2) is 6.04 Å². The molecule has 2 N–H and O–H groups in total. The number of fused-ring (bicyclic) bond motifs is 3. The van der Waals surface area contributed by atoms with Crippen LogP contribution in [0, 0.1) is 23.7 Å². The highest BCUT2D eigenvalue weighted by Crippen LogP contribution is 2.53. The first-order chi connectivity index (χ1) is 6.88. The lowest BCUT2D eigenvalue weighted by Gasteiger charge is -2.32. The first-order valence-electron chi connectivity index (χ1n) is 6.63. The average molecular weight is 230 g/mol. The molecule has 0 aromatic rings. The minimum atomic E-state index is 0. The highest BCUT2D eigenvalue weighted by Gasteiger charge is 2.49. The van der Waals surface area contributed by atoms with E-state index >= 15 is 0 Å². The Morgan fingerprint density at radius 1 is 0.600 bits per heavy atom. The fourth-order valence-corrected chi connectivity index (χ4v) is 4.71. The minimum absolute atomic E-state index is 0. The number of halogens is 1. The van der Waals surface area contributed by atoms with Crippen molar-refractivity contribution in [2.24, 2.45) is 29.4 Å². The summed E-state index contributed by atoms with van der Waals surface area (Å²) in [6, 6.07) is 0.575. The molecule has 3 aliphatic rings. The predicted molar refractivity (Wildman–Crippen MR) is 66.1 cm³/mol. The fourth-order valence-electron chi connectivity index (χ4n) is 4.71. The van der Waals surface area contributed by atoms with Crippen LogP contribution < -0.4 is 5.73 Å². The van der Waals surface area contributed by atoms with Gasteiger partial charge in [0.25, 0.3) is 0 Å². The molecule has 0 aromatic carbocycles. The Balaban J connectivity index is 0.000000853. The summed E-state index contributed by atoms with van der Waals surface area (Å²) in [5.41, 5.74) is 6.44. The smallest absolute Gasteiger partial charge is 0.0101 e. The van der Waals surface area contributed by atoms with Crippen molar-refractivity contribution in [2.75, 3.05) is 0 Å². The van der Waals surface area contributed by atoms with Crippen molar-refractivity contribution in [2.45, 2.75) is 57.4 Å². The predicted octanol–water partition coefficient (Wildman–Crippen LogP) is 3.36. The van der Waals surface area contributed by atoms with Crippen LogP contribution in [0.25, 0.3) is 0 Å². The van der Waals surface area contributed by atoms with Gasteiger partial charge >= 0.3 is 0 Å². The van der Waals surface area contributed by atoms with Crippen molar-refractivity contribution in [1.29, 1.82) is 0 Å². The Labute approximate surface area is 99.6 Å². The van der Waals surface area contributed by atoms with Gasteiger partial charge in [0.05, 0.1) is 0 Å². The Kier molecular flexibility index (Phi) is 3.62. The molecule has 4 atom stereocenters. The monoisotopic (exact) mass is 229 g/mol.